The third kappa shape index (κ3) is 2.49. The Morgan fingerprint density at radius 3 is 2.81 bits per heavy atom. The zero-order valence-corrected chi connectivity index (χ0v) is 16.9. The van der Waals surface area contributed by atoms with E-state index >= 15 is 0 Å². The lowest BCUT2D eigenvalue weighted by Gasteiger charge is -2.55. The molecule has 0 unspecified atom stereocenters. The average Bonchev–Trinajstić information content (AvgIpc) is 2.95. The summed E-state index contributed by atoms with van der Waals surface area (Å²) in [5.74, 6) is 0.259. The van der Waals surface area contributed by atoms with Gasteiger partial charge in [0.1, 0.15) is 5.75 Å². The van der Waals surface area contributed by atoms with E-state index in [-0.39, 0.29) is 5.75 Å². The van der Waals surface area contributed by atoms with Gasteiger partial charge in [-0.05, 0) is 61.5 Å². The molecular formula is C22H23BrN2O2. The number of aromatic hydroxyl groups is 1. The summed E-state index contributed by atoms with van der Waals surface area (Å²) in [5.41, 5.74) is 3.30. The molecule has 0 bridgehead atoms. The van der Waals surface area contributed by atoms with Gasteiger partial charge in [0.05, 0.1) is 5.60 Å². The smallest absolute Gasteiger partial charge is 0.115 e. The van der Waals surface area contributed by atoms with Gasteiger partial charge in [0.2, 0.25) is 0 Å². The fourth-order valence-electron chi connectivity index (χ4n) is 5.31. The number of hydrogen-bond acceptors (Lipinski definition) is 3. The van der Waals surface area contributed by atoms with Crippen LogP contribution in [0.1, 0.15) is 23.2 Å². The molecule has 5 rings (SSSR count). The van der Waals surface area contributed by atoms with E-state index in [2.05, 4.69) is 51.1 Å². The molecule has 2 aromatic carbocycles. The Hall–Kier alpha value is -1.82. The Morgan fingerprint density at radius 1 is 1.15 bits per heavy atom. The Kier molecular flexibility index (Phi) is 3.74. The first-order chi connectivity index (χ1) is 12.9. The highest BCUT2D eigenvalue weighted by atomic mass is 79.9. The molecule has 5 heteroatoms. The molecule has 3 aromatic rings. The van der Waals surface area contributed by atoms with Crippen LogP contribution >= 0.6 is 15.9 Å². The van der Waals surface area contributed by atoms with Gasteiger partial charge < -0.3 is 20.1 Å². The molecule has 1 aliphatic heterocycles. The largest absolute Gasteiger partial charge is 0.508 e. The molecule has 4 nitrogen and oxygen atoms in total. The lowest BCUT2D eigenvalue weighted by atomic mass is 9.56. The quantitative estimate of drug-likeness (QED) is 0.555. The van der Waals surface area contributed by atoms with Crippen LogP contribution < -0.4 is 0 Å². The van der Waals surface area contributed by atoms with E-state index in [9.17, 15) is 10.2 Å². The van der Waals surface area contributed by atoms with Crippen LogP contribution in [-0.4, -0.2) is 45.8 Å². The van der Waals surface area contributed by atoms with Crippen LogP contribution in [0.15, 0.2) is 46.9 Å². The fraction of sp³-hybridized carbons (Fsp3) is 0.364. The third-order valence-electron chi connectivity index (χ3n) is 6.65. The minimum absolute atomic E-state index is 0.259. The van der Waals surface area contributed by atoms with Gasteiger partial charge in [-0.15, -0.1) is 0 Å². The molecule has 3 N–H and O–H groups in total. The maximum atomic E-state index is 12.0. The van der Waals surface area contributed by atoms with E-state index in [0.29, 0.717) is 13.0 Å². The van der Waals surface area contributed by atoms with E-state index in [0.717, 1.165) is 34.9 Å². The molecule has 1 saturated heterocycles. The van der Waals surface area contributed by atoms with Gasteiger partial charge in [0.15, 0.2) is 0 Å². The van der Waals surface area contributed by atoms with Crippen molar-refractivity contribution in [1.82, 2.24) is 9.88 Å². The molecule has 2 atom stereocenters. The summed E-state index contributed by atoms with van der Waals surface area (Å²) >= 11 is 3.58. The van der Waals surface area contributed by atoms with Crippen LogP contribution in [0, 0.1) is 0 Å². The summed E-state index contributed by atoms with van der Waals surface area (Å²) in [6.45, 7) is 1.56. The summed E-state index contributed by atoms with van der Waals surface area (Å²) in [6.07, 6.45) is 2.23. The lowest BCUT2D eigenvalue weighted by Crippen LogP contribution is -2.65. The Labute approximate surface area is 167 Å². The van der Waals surface area contributed by atoms with Crippen molar-refractivity contribution in [3.63, 3.8) is 0 Å². The number of piperidine rings is 1. The highest BCUT2D eigenvalue weighted by Gasteiger charge is 2.57. The number of benzene rings is 2. The summed E-state index contributed by atoms with van der Waals surface area (Å²) < 4.78 is 1.05. The predicted molar refractivity (Wildman–Crippen MR) is 110 cm³/mol. The molecule has 0 radical (unpaired) electrons. The number of aromatic amines is 1. The second kappa shape index (κ2) is 5.84. The van der Waals surface area contributed by atoms with Gasteiger partial charge in [-0.3, -0.25) is 0 Å². The maximum absolute atomic E-state index is 12.0. The molecule has 1 fully saturated rings. The Morgan fingerprint density at radius 2 is 2.00 bits per heavy atom. The number of halogens is 1. The van der Waals surface area contributed by atoms with Gasteiger partial charge in [-0.1, -0.05) is 28.1 Å². The molecule has 140 valence electrons. The number of phenolic OH excluding ortho intramolecular Hbond substituents is 1. The highest BCUT2D eigenvalue weighted by Crippen LogP contribution is 2.51. The summed E-state index contributed by atoms with van der Waals surface area (Å²) in [5, 5.41) is 23.3. The first-order valence-electron chi connectivity index (χ1n) is 9.40. The topological polar surface area (TPSA) is 59.5 Å². The molecule has 0 amide bonds. The number of nitrogens with zero attached hydrogens (tertiary/aromatic N) is 1. The molecule has 0 spiro atoms. The van der Waals surface area contributed by atoms with Crippen molar-refractivity contribution in [2.75, 3.05) is 20.1 Å². The van der Waals surface area contributed by atoms with Crippen molar-refractivity contribution >= 4 is 26.8 Å². The molecule has 1 aliphatic carbocycles. The van der Waals surface area contributed by atoms with E-state index in [4.69, 9.17) is 0 Å². The van der Waals surface area contributed by atoms with Crippen molar-refractivity contribution < 1.29 is 10.2 Å². The van der Waals surface area contributed by atoms with Crippen molar-refractivity contribution in [2.24, 2.45) is 0 Å². The van der Waals surface area contributed by atoms with E-state index < -0.39 is 11.0 Å². The first kappa shape index (κ1) is 17.3. The van der Waals surface area contributed by atoms with Crippen molar-refractivity contribution in [2.45, 2.75) is 30.3 Å². The van der Waals surface area contributed by atoms with Gasteiger partial charge >= 0.3 is 0 Å². The van der Waals surface area contributed by atoms with Crippen LogP contribution in [-0.2, 0) is 18.3 Å². The number of fused-ring (bicyclic) bond motifs is 4. The fourth-order valence-corrected chi connectivity index (χ4v) is 5.67. The maximum Gasteiger partial charge on any atom is 0.115 e. The Bertz CT molecular complexity index is 1050. The minimum Gasteiger partial charge on any atom is -0.508 e. The average molecular weight is 427 g/mol. The monoisotopic (exact) mass is 426 g/mol. The summed E-state index contributed by atoms with van der Waals surface area (Å²) in [6, 6.07) is 13.8. The number of rotatable bonds is 1. The Balaban J connectivity index is 1.73. The third-order valence-corrected chi connectivity index (χ3v) is 7.14. The molecule has 1 aromatic heterocycles. The number of H-pyrrole nitrogens is 1. The standard InChI is InChI=1S/C22H23BrN2O2/c1-25-8-7-21(14-3-2-4-16(26)9-14)12-20-18(11-22(21,27)13-25)17-10-15(23)5-6-19(17)24-20/h2-6,9-10,24,26-27H,7-8,11-13H2,1H3/t21-,22-/m0/s1. The molecule has 2 aliphatic rings. The highest BCUT2D eigenvalue weighted by molar-refractivity contribution is 9.10. The van der Waals surface area contributed by atoms with E-state index in [1.165, 1.54) is 16.6 Å². The summed E-state index contributed by atoms with van der Waals surface area (Å²) in [7, 11) is 2.08. The van der Waals surface area contributed by atoms with Gasteiger partial charge in [0, 0.05) is 45.9 Å². The molecule has 27 heavy (non-hydrogen) atoms. The van der Waals surface area contributed by atoms with Crippen LogP contribution in [0.2, 0.25) is 0 Å². The number of likely N-dealkylation sites (N-methyl/N-ethyl adjacent to an activating group) is 1. The van der Waals surface area contributed by atoms with Crippen LogP contribution in [0.4, 0.5) is 0 Å². The lowest BCUT2D eigenvalue weighted by molar-refractivity contribution is -0.0972. The van der Waals surface area contributed by atoms with Gasteiger partial charge in [-0.25, -0.2) is 0 Å². The van der Waals surface area contributed by atoms with E-state index in [1.54, 1.807) is 6.07 Å². The first-order valence-corrected chi connectivity index (χ1v) is 10.2. The minimum atomic E-state index is -0.877. The number of nitrogens with one attached hydrogen (secondary N) is 1. The van der Waals surface area contributed by atoms with Crippen LogP contribution in [0.5, 0.6) is 5.75 Å². The number of aromatic nitrogens is 1. The van der Waals surface area contributed by atoms with Crippen molar-refractivity contribution in [3.05, 3.63) is 63.8 Å². The second-order valence-electron chi connectivity index (χ2n) is 8.28. The van der Waals surface area contributed by atoms with E-state index in [1.807, 2.05) is 18.2 Å². The molecular weight excluding hydrogens is 404 g/mol. The molecule has 0 saturated carbocycles. The van der Waals surface area contributed by atoms with Gasteiger partial charge in [0.25, 0.3) is 0 Å². The molecule has 2 heterocycles. The number of hydrogen-bond donors (Lipinski definition) is 3. The predicted octanol–water partition coefficient (Wildman–Crippen LogP) is 3.74. The number of aliphatic hydroxyl groups is 1. The normalized spacial score (nSPS) is 28.1. The number of phenols is 1. The zero-order valence-electron chi connectivity index (χ0n) is 15.3. The SMILES string of the molecule is CN1CC[C@@]2(c3cccc(O)c3)Cc3[nH]c4ccc(Br)cc4c3C[C@]2(O)C1. The van der Waals surface area contributed by atoms with Crippen LogP contribution in [0.25, 0.3) is 10.9 Å². The summed E-state index contributed by atoms with van der Waals surface area (Å²) in [4.78, 5) is 5.82. The number of likely N-dealkylation sites (tertiary alicyclic amines) is 1. The van der Waals surface area contributed by atoms with Crippen molar-refractivity contribution in [3.8, 4) is 5.75 Å². The number of β-amino-alcohol motifs (C(OH)–C–C–N with tert-alkyl or cyclic N) is 1. The van der Waals surface area contributed by atoms with Crippen molar-refractivity contribution in [1.29, 1.82) is 0 Å². The van der Waals surface area contributed by atoms with Crippen LogP contribution in [0.3, 0.4) is 0 Å². The zero-order chi connectivity index (χ0) is 18.8. The second-order valence-corrected chi connectivity index (χ2v) is 9.19. The van der Waals surface area contributed by atoms with Gasteiger partial charge in [-0.2, -0.15) is 0 Å².